The van der Waals surface area contributed by atoms with Crippen LogP contribution in [-0.2, 0) is 11.3 Å². The molecule has 0 saturated heterocycles. The van der Waals surface area contributed by atoms with E-state index >= 15 is 0 Å². The predicted octanol–water partition coefficient (Wildman–Crippen LogP) is 3.96. The fourth-order valence-electron chi connectivity index (χ4n) is 3.03. The Labute approximate surface area is 224 Å². The van der Waals surface area contributed by atoms with Crippen LogP contribution in [0.25, 0.3) is 0 Å². The second kappa shape index (κ2) is 12.1. The van der Waals surface area contributed by atoms with Crippen molar-refractivity contribution in [2.24, 2.45) is 0 Å². The summed E-state index contributed by atoms with van der Waals surface area (Å²) in [5.74, 6) is -3.39. The van der Waals surface area contributed by atoms with E-state index in [-0.39, 0.29) is 43.4 Å². The Kier molecular flexibility index (Phi) is 9.16. The first-order valence-electron chi connectivity index (χ1n) is 10.2. The molecule has 1 heterocycles. The number of aliphatic carboxylic acids is 1. The van der Waals surface area contributed by atoms with Gasteiger partial charge in [-0.15, -0.1) is 11.3 Å². The number of phenols is 1. The van der Waals surface area contributed by atoms with Gasteiger partial charge in [0.1, 0.15) is 16.7 Å². The van der Waals surface area contributed by atoms with Gasteiger partial charge in [-0.25, -0.2) is 4.79 Å². The van der Waals surface area contributed by atoms with E-state index in [9.17, 15) is 29.4 Å². The summed E-state index contributed by atoms with van der Waals surface area (Å²) in [4.78, 5) is 49.3. The van der Waals surface area contributed by atoms with E-state index in [1.165, 1.54) is 30.3 Å². The molecular weight excluding hydrogens is 553 g/mol. The molecule has 0 bridgehead atoms. The van der Waals surface area contributed by atoms with Crippen LogP contribution in [0.3, 0.4) is 0 Å². The molecule has 9 nitrogen and oxygen atoms in total. The fraction of sp³-hybridized carbons (Fsp3) is 0.130. The third-order valence-corrected chi connectivity index (χ3v) is 6.72. The standard InChI is InChI=1S/C23H18Cl3N3O6S/c24-14-4-5-36-19(14)22(33)28-10-17(23(34)35)29-21(32)18-15(25)7-12(8-16(18)26)20(31)27-9-11-2-1-3-13(30)6-11/h1-8,17,30H,9-10H2,(H,27,31)(H,28,33)(H,29,32)(H,34,35)/t17-/m0/s1. The van der Waals surface area contributed by atoms with Gasteiger partial charge >= 0.3 is 5.97 Å². The summed E-state index contributed by atoms with van der Waals surface area (Å²) < 4.78 is 0. The SMILES string of the molecule is O=C(NCc1cccc(O)c1)c1cc(Cl)c(C(=O)N[C@@H](CNC(=O)c2sccc2Cl)C(=O)O)c(Cl)c1. The number of rotatable bonds is 9. The van der Waals surface area contributed by atoms with Gasteiger partial charge in [0.05, 0.1) is 20.6 Å². The van der Waals surface area contributed by atoms with Gasteiger partial charge in [-0.2, -0.15) is 0 Å². The molecule has 0 fully saturated rings. The summed E-state index contributed by atoms with van der Waals surface area (Å²) in [6.45, 7) is -0.313. The zero-order valence-corrected chi connectivity index (χ0v) is 21.3. The number of thiophene rings is 1. The molecule has 0 aliphatic rings. The minimum absolute atomic E-state index is 0.0535. The molecule has 3 aromatic rings. The maximum Gasteiger partial charge on any atom is 0.328 e. The number of benzene rings is 2. The summed E-state index contributed by atoms with van der Waals surface area (Å²) >= 11 is 19.4. The first-order chi connectivity index (χ1) is 17.1. The number of carbonyl (C=O) groups excluding carboxylic acids is 3. The average Bonchev–Trinajstić information content (AvgIpc) is 3.25. The van der Waals surface area contributed by atoms with E-state index in [0.29, 0.717) is 5.56 Å². The lowest BCUT2D eigenvalue weighted by molar-refractivity contribution is -0.139. The number of phenolic OH excluding ortho intramolecular Hbond substituents is 1. The summed E-state index contributed by atoms with van der Waals surface area (Å²) in [5.41, 5.74) is 0.489. The minimum Gasteiger partial charge on any atom is -0.508 e. The largest absolute Gasteiger partial charge is 0.508 e. The van der Waals surface area contributed by atoms with Crippen molar-refractivity contribution in [2.45, 2.75) is 12.6 Å². The van der Waals surface area contributed by atoms with Crippen molar-refractivity contribution < 1.29 is 29.4 Å². The highest BCUT2D eigenvalue weighted by Gasteiger charge is 2.26. The fourth-order valence-corrected chi connectivity index (χ4v) is 4.75. The summed E-state index contributed by atoms with van der Waals surface area (Å²) in [5, 5.41) is 27.8. The van der Waals surface area contributed by atoms with Crippen molar-refractivity contribution in [1.29, 1.82) is 0 Å². The highest BCUT2D eigenvalue weighted by molar-refractivity contribution is 7.12. The summed E-state index contributed by atoms with van der Waals surface area (Å²) in [6, 6.07) is 8.79. The van der Waals surface area contributed by atoms with Crippen LogP contribution >= 0.6 is 46.1 Å². The lowest BCUT2D eigenvalue weighted by Crippen LogP contribution is -2.48. The lowest BCUT2D eigenvalue weighted by atomic mass is 10.1. The Morgan fingerprint density at radius 3 is 2.17 bits per heavy atom. The first kappa shape index (κ1) is 27.3. The Morgan fingerprint density at radius 2 is 1.58 bits per heavy atom. The Morgan fingerprint density at radius 1 is 0.889 bits per heavy atom. The molecule has 0 aliphatic carbocycles. The van der Waals surface area contributed by atoms with Crippen LogP contribution in [0.4, 0.5) is 0 Å². The zero-order valence-electron chi connectivity index (χ0n) is 18.2. The molecule has 13 heteroatoms. The average molecular weight is 571 g/mol. The molecule has 0 unspecified atom stereocenters. The van der Waals surface area contributed by atoms with Crippen LogP contribution in [0.2, 0.25) is 15.1 Å². The summed E-state index contributed by atoms with van der Waals surface area (Å²) in [6.07, 6.45) is 0. The molecule has 1 atom stereocenters. The molecule has 3 rings (SSSR count). The number of carboxylic acids is 1. The number of hydrogen-bond acceptors (Lipinski definition) is 6. The third-order valence-electron chi connectivity index (χ3n) is 4.79. The van der Waals surface area contributed by atoms with E-state index in [2.05, 4.69) is 16.0 Å². The van der Waals surface area contributed by atoms with Gasteiger partial charge in [-0.05, 0) is 41.3 Å². The third kappa shape index (κ3) is 6.88. The predicted molar refractivity (Wildman–Crippen MR) is 136 cm³/mol. The molecule has 3 amide bonds. The van der Waals surface area contributed by atoms with Crippen LogP contribution in [0, 0.1) is 0 Å². The van der Waals surface area contributed by atoms with Crippen LogP contribution in [0.1, 0.15) is 36.0 Å². The zero-order chi connectivity index (χ0) is 26.4. The van der Waals surface area contributed by atoms with Gasteiger partial charge in [0.15, 0.2) is 0 Å². The molecule has 0 saturated carbocycles. The van der Waals surface area contributed by atoms with E-state index in [0.717, 1.165) is 11.3 Å². The minimum atomic E-state index is -1.50. The highest BCUT2D eigenvalue weighted by atomic mass is 35.5. The van der Waals surface area contributed by atoms with E-state index in [1.54, 1.807) is 17.5 Å². The Bertz CT molecular complexity index is 1310. The van der Waals surface area contributed by atoms with Crippen molar-refractivity contribution in [3.05, 3.63) is 84.5 Å². The van der Waals surface area contributed by atoms with Gasteiger partial charge in [-0.3, -0.25) is 14.4 Å². The number of halogens is 3. The van der Waals surface area contributed by atoms with Crippen LogP contribution in [0.5, 0.6) is 5.75 Å². The molecule has 0 aliphatic heterocycles. The quantitative estimate of drug-likeness (QED) is 0.263. The molecule has 36 heavy (non-hydrogen) atoms. The Hall–Kier alpha value is -3.31. The van der Waals surface area contributed by atoms with Gasteiger partial charge in [0.2, 0.25) is 0 Å². The number of amides is 3. The van der Waals surface area contributed by atoms with E-state index < -0.39 is 36.3 Å². The number of carbonyl (C=O) groups is 4. The summed E-state index contributed by atoms with van der Waals surface area (Å²) in [7, 11) is 0. The number of carboxylic acid groups (broad SMARTS) is 1. The number of aromatic hydroxyl groups is 1. The maximum atomic E-state index is 12.8. The van der Waals surface area contributed by atoms with Gasteiger partial charge in [-0.1, -0.05) is 46.9 Å². The number of hydrogen-bond donors (Lipinski definition) is 5. The molecule has 0 radical (unpaired) electrons. The lowest BCUT2D eigenvalue weighted by Gasteiger charge is -2.17. The van der Waals surface area contributed by atoms with Gasteiger partial charge < -0.3 is 26.2 Å². The van der Waals surface area contributed by atoms with Crippen molar-refractivity contribution in [1.82, 2.24) is 16.0 Å². The molecule has 5 N–H and O–H groups in total. The van der Waals surface area contributed by atoms with Crippen molar-refractivity contribution in [3.63, 3.8) is 0 Å². The van der Waals surface area contributed by atoms with E-state index in [4.69, 9.17) is 34.8 Å². The van der Waals surface area contributed by atoms with Crippen molar-refractivity contribution in [3.8, 4) is 5.75 Å². The Balaban J connectivity index is 1.67. The van der Waals surface area contributed by atoms with Crippen LogP contribution in [0.15, 0.2) is 47.8 Å². The molecule has 188 valence electrons. The van der Waals surface area contributed by atoms with Gasteiger partial charge in [0.25, 0.3) is 17.7 Å². The van der Waals surface area contributed by atoms with Crippen LogP contribution in [-0.4, -0.2) is 46.5 Å². The highest BCUT2D eigenvalue weighted by Crippen LogP contribution is 2.27. The van der Waals surface area contributed by atoms with Crippen LogP contribution < -0.4 is 16.0 Å². The topological polar surface area (TPSA) is 145 Å². The van der Waals surface area contributed by atoms with Crippen molar-refractivity contribution >= 4 is 69.8 Å². The second-order valence-corrected chi connectivity index (χ2v) is 9.48. The molecular formula is C23H18Cl3N3O6S. The molecule has 2 aromatic carbocycles. The second-order valence-electron chi connectivity index (χ2n) is 7.34. The van der Waals surface area contributed by atoms with Gasteiger partial charge in [0, 0.05) is 18.7 Å². The van der Waals surface area contributed by atoms with E-state index in [1.807, 2.05) is 0 Å². The molecule has 0 spiro atoms. The van der Waals surface area contributed by atoms with Crippen molar-refractivity contribution in [2.75, 3.05) is 6.54 Å². The normalized spacial score (nSPS) is 11.4. The number of nitrogens with one attached hydrogen (secondary N) is 3. The smallest absolute Gasteiger partial charge is 0.328 e. The monoisotopic (exact) mass is 569 g/mol. The molecule has 1 aromatic heterocycles. The first-order valence-corrected chi connectivity index (χ1v) is 12.2. The maximum absolute atomic E-state index is 12.8.